The van der Waals surface area contributed by atoms with E-state index in [0.717, 1.165) is 48.1 Å². The zero-order valence-corrected chi connectivity index (χ0v) is 28.0. The molecule has 4 aromatic rings. The van der Waals surface area contributed by atoms with Crippen LogP contribution in [0.1, 0.15) is 82.5 Å². The molecule has 0 aliphatic heterocycles. The van der Waals surface area contributed by atoms with Gasteiger partial charge in [0.1, 0.15) is 11.6 Å². The lowest BCUT2D eigenvalue weighted by atomic mass is 9.76. The summed E-state index contributed by atoms with van der Waals surface area (Å²) >= 11 is 0. The number of ether oxygens (including phenoxy) is 1. The van der Waals surface area contributed by atoms with Crippen LogP contribution < -0.4 is 15.4 Å². The van der Waals surface area contributed by atoms with Crippen molar-refractivity contribution < 1.29 is 23.8 Å². The first kappa shape index (κ1) is 34.8. The van der Waals surface area contributed by atoms with Gasteiger partial charge in [0.15, 0.2) is 0 Å². The molecule has 3 N–H and O–H groups in total. The third-order valence-corrected chi connectivity index (χ3v) is 9.68. The Balaban J connectivity index is 1.32. The molecular weight excluding hydrogens is 605 g/mol. The average molecular weight is 652 g/mol. The average Bonchev–Trinajstić information content (AvgIpc) is 3.13. The van der Waals surface area contributed by atoms with Crippen molar-refractivity contribution in [3.8, 4) is 5.75 Å². The number of aliphatic hydroxyl groups is 1. The number of hydrogen-bond donors (Lipinski definition) is 3. The Hall–Kier alpha value is -4.53. The van der Waals surface area contributed by atoms with Gasteiger partial charge < -0.3 is 25.4 Å². The van der Waals surface area contributed by atoms with Gasteiger partial charge in [0.05, 0.1) is 25.3 Å². The van der Waals surface area contributed by atoms with Gasteiger partial charge in [-0.05, 0) is 85.3 Å². The smallest absolute Gasteiger partial charge is 0.254 e. The van der Waals surface area contributed by atoms with Crippen LogP contribution in [0.2, 0.25) is 0 Å². The molecule has 252 valence electrons. The van der Waals surface area contributed by atoms with E-state index in [0.29, 0.717) is 17.5 Å². The molecule has 4 aromatic carbocycles. The van der Waals surface area contributed by atoms with Gasteiger partial charge in [-0.15, -0.1) is 0 Å². The van der Waals surface area contributed by atoms with E-state index in [-0.39, 0.29) is 35.8 Å². The minimum absolute atomic E-state index is 0.262. The number of hydrogen-bond acceptors (Lipinski definition) is 5. The molecule has 0 bridgehead atoms. The van der Waals surface area contributed by atoms with Crippen molar-refractivity contribution in [2.45, 2.75) is 69.2 Å². The highest BCUT2D eigenvalue weighted by atomic mass is 19.1. The molecule has 1 saturated carbocycles. The predicted octanol–water partition coefficient (Wildman–Crippen LogP) is 6.82. The number of nitrogens with zero attached hydrogens (tertiary/aromatic N) is 1. The minimum Gasteiger partial charge on any atom is -0.497 e. The van der Waals surface area contributed by atoms with E-state index in [9.17, 15) is 19.1 Å². The molecule has 48 heavy (non-hydrogen) atoms. The maximum absolute atomic E-state index is 13.7. The molecule has 7 nitrogen and oxygen atoms in total. The molecule has 1 fully saturated rings. The molecule has 1 aliphatic carbocycles. The lowest BCUT2D eigenvalue weighted by Gasteiger charge is -2.40. The van der Waals surface area contributed by atoms with E-state index in [1.165, 1.54) is 18.6 Å². The van der Waals surface area contributed by atoms with E-state index in [4.69, 9.17) is 4.74 Å². The second-order valence-corrected chi connectivity index (χ2v) is 12.8. The number of amides is 2. The molecule has 0 aromatic heterocycles. The first-order chi connectivity index (χ1) is 23.2. The Morgan fingerprint density at radius 1 is 0.896 bits per heavy atom. The van der Waals surface area contributed by atoms with Crippen LogP contribution in [0, 0.1) is 5.82 Å². The third-order valence-electron chi connectivity index (χ3n) is 9.68. The summed E-state index contributed by atoms with van der Waals surface area (Å²) in [5.74, 6) is -0.179. The highest BCUT2D eigenvalue weighted by Gasteiger charge is 2.35. The van der Waals surface area contributed by atoms with Crippen LogP contribution in [0.5, 0.6) is 5.75 Å². The van der Waals surface area contributed by atoms with Gasteiger partial charge in [0.25, 0.3) is 11.8 Å². The van der Waals surface area contributed by atoms with Crippen LogP contribution in [-0.4, -0.2) is 54.7 Å². The minimum atomic E-state index is -0.897. The largest absolute Gasteiger partial charge is 0.497 e. The summed E-state index contributed by atoms with van der Waals surface area (Å²) in [6.45, 7) is 2.15. The number of carbonyl (C=O) groups is 2. The Morgan fingerprint density at radius 3 is 2.29 bits per heavy atom. The quantitative estimate of drug-likeness (QED) is 0.148. The van der Waals surface area contributed by atoms with Crippen LogP contribution in [0.15, 0.2) is 103 Å². The SMILES string of the molecule is COc1cccc(C2(NC[C@@H](O)[C@H](Cc3ccccc3)NC(=O)c3cccc(C(=O)N(C)[C@H](C)c4ccc(F)cc4)c3)CCCCC2)c1. The molecule has 2 amide bonds. The lowest BCUT2D eigenvalue weighted by Crippen LogP contribution is -2.53. The van der Waals surface area contributed by atoms with Crippen molar-refractivity contribution in [2.24, 2.45) is 0 Å². The first-order valence-electron chi connectivity index (χ1n) is 16.7. The fourth-order valence-electron chi connectivity index (χ4n) is 6.63. The van der Waals surface area contributed by atoms with E-state index in [2.05, 4.69) is 22.8 Å². The van der Waals surface area contributed by atoms with Crippen molar-refractivity contribution in [3.05, 3.63) is 137 Å². The van der Waals surface area contributed by atoms with Gasteiger partial charge in [-0.3, -0.25) is 9.59 Å². The number of methoxy groups -OCH3 is 1. The standard InChI is InChI=1S/C40H46FN3O4/c1-28(30-18-20-34(41)21-19-30)44(2)39(47)32-15-10-14-31(25-32)38(46)43-36(24-29-12-6-4-7-13-29)37(45)27-42-40(22-8-5-9-23-40)33-16-11-17-35(26-33)48-3/h4,6-7,10-21,25-26,28,36-37,42,45H,5,8-9,22-24,27H2,1-3H3,(H,43,46)/t28-,36+,37-/m1/s1. The van der Waals surface area contributed by atoms with E-state index >= 15 is 0 Å². The second-order valence-electron chi connectivity index (χ2n) is 12.8. The third kappa shape index (κ3) is 8.48. The van der Waals surface area contributed by atoms with Crippen molar-refractivity contribution in [1.82, 2.24) is 15.5 Å². The number of rotatable bonds is 13. The fraction of sp³-hybridized carbons (Fsp3) is 0.350. The van der Waals surface area contributed by atoms with Crippen LogP contribution in [0.4, 0.5) is 4.39 Å². The molecule has 3 atom stereocenters. The normalized spacial score (nSPS) is 15.9. The first-order valence-corrected chi connectivity index (χ1v) is 16.7. The van der Waals surface area contributed by atoms with Crippen LogP contribution >= 0.6 is 0 Å². The van der Waals surface area contributed by atoms with Gasteiger partial charge in [0.2, 0.25) is 0 Å². The topological polar surface area (TPSA) is 90.9 Å². The number of aliphatic hydroxyl groups excluding tert-OH is 1. The predicted molar refractivity (Wildman–Crippen MR) is 187 cm³/mol. The van der Waals surface area contributed by atoms with Crippen molar-refractivity contribution in [2.75, 3.05) is 20.7 Å². The molecule has 5 rings (SSSR count). The number of halogens is 1. The van der Waals surface area contributed by atoms with Gasteiger partial charge in [-0.2, -0.15) is 0 Å². The Kier molecular flexibility index (Phi) is 11.6. The molecule has 0 heterocycles. The summed E-state index contributed by atoms with van der Waals surface area (Å²) in [6, 6.07) is 29.7. The van der Waals surface area contributed by atoms with Crippen molar-refractivity contribution >= 4 is 11.8 Å². The summed E-state index contributed by atoms with van der Waals surface area (Å²) < 4.78 is 19.0. The summed E-state index contributed by atoms with van der Waals surface area (Å²) in [5, 5.41) is 18.5. The molecule has 1 aliphatic rings. The van der Waals surface area contributed by atoms with Gasteiger partial charge in [-0.25, -0.2) is 4.39 Å². The summed E-state index contributed by atoms with van der Waals surface area (Å²) in [7, 11) is 3.35. The molecule has 0 unspecified atom stereocenters. The van der Waals surface area contributed by atoms with Crippen molar-refractivity contribution in [1.29, 1.82) is 0 Å². The molecule has 0 saturated heterocycles. The zero-order chi connectivity index (χ0) is 34.1. The van der Waals surface area contributed by atoms with E-state index < -0.39 is 12.1 Å². The highest BCUT2D eigenvalue weighted by molar-refractivity contribution is 5.99. The van der Waals surface area contributed by atoms with Gasteiger partial charge in [-0.1, -0.05) is 79.9 Å². The zero-order valence-electron chi connectivity index (χ0n) is 28.0. The Morgan fingerprint density at radius 2 is 1.58 bits per heavy atom. The number of nitrogens with one attached hydrogen (secondary N) is 2. The molecular formula is C40H46FN3O4. The second kappa shape index (κ2) is 16.0. The molecule has 8 heteroatoms. The Bertz CT molecular complexity index is 1660. The Labute approximate surface area is 283 Å². The van der Waals surface area contributed by atoms with Gasteiger partial charge >= 0.3 is 0 Å². The lowest BCUT2D eigenvalue weighted by molar-refractivity contribution is 0.0742. The number of benzene rings is 4. The monoisotopic (exact) mass is 651 g/mol. The summed E-state index contributed by atoms with van der Waals surface area (Å²) in [6.07, 6.45) is 4.75. The maximum atomic E-state index is 13.7. The summed E-state index contributed by atoms with van der Waals surface area (Å²) in [5.41, 5.74) is 3.30. The van der Waals surface area contributed by atoms with Crippen LogP contribution in [-0.2, 0) is 12.0 Å². The summed E-state index contributed by atoms with van der Waals surface area (Å²) in [4.78, 5) is 28.8. The highest BCUT2D eigenvalue weighted by Crippen LogP contribution is 2.38. The van der Waals surface area contributed by atoms with E-state index in [1.807, 2.05) is 49.4 Å². The van der Waals surface area contributed by atoms with Crippen LogP contribution in [0.25, 0.3) is 0 Å². The molecule has 0 radical (unpaired) electrons. The maximum Gasteiger partial charge on any atom is 0.254 e. The van der Waals surface area contributed by atoms with E-state index in [1.54, 1.807) is 55.5 Å². The number of carbonyl (C=O) groups excluding carboxylic acids is 2. The fourth-order valence-corrected chi connectivity index (χ4v) is 6.63. The van der Waals surface area contributed by atoms with Crippen LogP contribution in [0.3, 0.4) is 0 Å². The van der Waals surface area contributed by atoms with Gasteiger partial charge in [0, 0.05) is 30.3 Å². The molecule has 0 spiro atoms. The van der Waals surface area contributed by atoms with Crippen molar-refractivity contribution in [3.63, 3.8) is 0 Å².